The molecule has 27 rings (SSSR count). The lowest BCUT2D eigenvalue weighted by Gasteiger charge is -2.26. The fourth-order valence-corrected chi connectivity index (χ4v) is 21.3. The number of anilines is 3. The van der Waals surface area contributed by atoms with Crippen molar-refractivity contribution in [1.29, 1.82) is 0 Å². The molecule has 0 atom stereocenters. The third kappa shape index (κ3) is 9.68. The van der Waals surface area contributed by atoms with Crippen molar-refractivity contribution in [3.63, 3.8) is 0 Å². The molecule has 0 saturated carbocycles. The number of para-hydroxylation sites is 1. The summed E-state index contributed by atoms with van der Waals surface area (Å²) < 4.78 is 168. The van der Waals surface area contributed by atoms with Gasteiger partial charge in [-0.15, -0.1) is 22.7 Å². The molecule has 0 aliphatic carbocycles. The van der Waals surface area contributed by atoms with Gasteiger partial charge in [0, 0.05) is 96.6 Å². The van der Waals surface area contributed by atoms with Crippen LogP contribution in [0.3, 0.4) is 0 Å². The van der Waals surface area contributed by atoms with E-state index in [1.165, 1.54) is 144 Å². The average Bonchev–Trinajstić information content (AvgIpc) is 1.50. The molecule has 0 fully saturated rings. The van der Waals surface area contributed by atoms with Gasteiger partial charge < -0.3 is 9.47 Å². The molecule has 27 aromatic rings. The first-order chi connectivity index (χ1) is 65.1. The maximum Gasteiger partial charge on any atom is 0.0716 e. The minimum absolute atomic E-state index is 0.274. The third-order valence-corrected chi connectivity index (χ3v) is 26.0. The van der Waals surface area contributed by atoms with Crippen LogP contribution in [0.5, 0.6) is 0 Å². The van der Waals surface area contributed by atoms with E-state index in [-0.39, 0.29) is 5.69 Å². The minimum atomic E-state index is -1.01. The summed E-state index contributed by atoms with van der Waals surface area (Å²) in [7, 11) is 0. The molecule has 0 radical (unpaired) electrons. The molecule has 0 aliphatic rings. The van der Waals surface area contributed by atoms with Gasteiger partial charge in [-0.3, -0.25) is 4.98 Å². The fraction of sp³-hybridized carbons (Fsp3) is 0. The lowest BCUT2D eigenvalue weighted by atomic mass is 9.86. The summed E-state index contributed by atoms with van der Waals surface area (Å²) in [5.74, 6) is 0. The van der Waals surface area contributed by atoms with Crippen LogP contribution in [-0.4, -0.2) is 9.55 Å². The highest BCUT2D eigenvalue weighted by molar-refractivity contribution is 7.27. The van der Waals surface area contributed by atoms with Gasteiger partial charge in [0.2, 0.25) is 0 Å². The molecule has 4 heterocycles. The number of rotatable bonds is 9. The molecular weight excluding hydrogens is 1440 g/mol. The van der Waals surface area contributed by atoms with Gasteiger partial charge in [-0.1, -0.05) is 297 Å². The van der Waals surface area contributed by atoms with Crippen molar-refractivity contribution < 1.29 is 24.7 Å². The molecule has 116 heavy (non-hydrogen) atoms. The quantitative estimate of drug-likeness (QED) is 0.106. The Morgan fingerprint density at radius 3 is 1.34 bits per heavy atom. The Morgan fingerprint density at radius 2 is 0.716 bits per heavy atom. The van der Waals surface area contributed by atoms with Gasteiger partial charge in [-0.05, 0) is 232 Å². The maximum absolute atomic E-state index is 10.1. The number of thiophene rings is 2. The maximum atomic E-state index is 10.1. The lowest BCUT2D eigenvalue weighted by Crippen LogP contribution is -2.10. The van der Waals surface area contributed by atoms with Crippen LogP contribution in [0.2, 0.25) is 0 Å². The number of benzene rings is 23. The Balaban J connectivity index is 0.000000121. The minimum Gasteiger partial charge on any atom is -0.310 e. The average molecular weight is 1520 g/mol. The first-order valence-electron chi connectivity index (χ1n) is 47.4. The van der Waals surface area contributed by atoms with Gasteiger partial charge in [-0.2, -0.15) is 0 Å². The second-order valence-corrected chi connectivity index (χ2v) is 31.7. The van der Waals surface area contributed by atoms with Crippen molar-refractivity contribution in [3.05, 3.63) is 394 Å². The van der Waals surface area contributed by atoms with E-state index in [0.29, 0.717) is 15.9 Å². The first kappa shape index (κ1) is 49.7. The number of hydrogen-bond donors (Lipinski definition) is 0. The van der Waals surface area contributed by atoms with Crippen molar-refractivity contribution in [2.24, 2.45) is 0 Å². The second-order valence-electron chi connectivity index (χ2n) is 29.6. The van der Waals surface area contributed by atoms with E-state index in [1.54, 1.807) is 10.6 Å². The molecule has 0 saturated heterocycles. The number of pyridine rings is 1. The zero-order valence-corrected chi connectivity index (χ0v) is 62.9. The van der Waals surface area contributed by atoms with E-state index in [1.807, 2.05) is 89.5 Å². The smallest absolute Gasteiger partial charge is 0.0716 e. The molecular formula is C111H65N3S2. The highest BCUT2D eigenvalue weighted by atomic mass is 32.1. The van der Waals surface area contributed by atoms with Gasteiger partial charge in [0.05, 0.1) is 41.4 Å². The van der Waals surface area contributed by atoms with Gasteiger partial charge in [-0.25, -0.2) is 0 Å². The van der Waals surface area contributed by atoms with E-state index in [4.69, 9.17) is 13.7 Å². The van der Waals surface area contributed by atoms with E-state index >= 15 is 0 Å². The molecule has 0 aliphatic heterocycles. The second kappa shape index (κ2) is 25.5. The summed E-state index contributed by atoms with van der Waals surface area (Å²) in [5, 5.41) is 31.3. The molecule has 23 aromatic carbocycles. The van der Waals surface area contributed by atoms with E-state index in [0.717, 1.165) is 59.6 Å². The van der Waals surface area contributed by atoms with Crippen molar-refractivity contribution >= 4 is 210 Å². The predicted octanol–water partition coefficient (Wildman–Crippen LogP) is 32.3. The highest BCUT2D eigenvalue weighted by Gasteiger charge is 2.28. The topological polar surface area (TPSA) is 21.1 Å². The molecule has 536 valence electrons. The number of hydrogen-bond acceptors (Lipinski definition) is 4. The van der Waals surface area contributed by atoms with Crippen molar-refractivity contribution in [2.75, 3.05) is 4.90 Å². The number of nitrogens with zero attached hydrogens (tertiary/aromatic N) is 3. The lowest BCUT2D eigenvalue weighted by molar-refractivity contribution is 1.17. The van der Waals surface area contributed by atoms with Gasteiger partial charge in [0.25, 0.3) is 0 Å². The van der Waals surface area contributed by atoms with Crippen molar-refractivity contribution in [1.82, 2.24) is 9.55 Å². The van der Waals surface area contributed by atoms with Crippen LogP contribution < -0.4 is 4.90 Å². The third-order valence-electron chi connectivity index (χ3n) is 23.6. The molecule has 0 amide bonds. The van der Waals surface area contributed by atoms with Gasteiger partial charge in [0.1, 0.15) is 0 Å². The monoisotopic (exact) mass is 1520 g/mol. The van der Waals surface area contributed by atoms with Gasteiger partial charge in [0.15, 0.2) is 0 Å². The summed E-state index contributed by atoms with van der Waals surface area (Å²) >= 11 is 3.83. The molecule has 0 spiro atoms. The van der Waals surface area contributed by atoms with Gasteiger partial charge >= 0.3 is 0 Å². The van der Waals surface area contributed by atoms with Crippen LogP contribution >= 0.6 is 22.7 Å². The number of aromatic nitrogens is 2. The van der Waals surface area contributed by atoms with Crippen LogP contribution in [0.15, 0.2) is 394 Å². The van der Waals surface area contributed by atoms with Crippen molar-refractivity contribution in [3.8, 4) is 61.5 Å². The summed E-state index contributed by atoms with van der Waals surface area (Å²) in [6.45, 7) is 0. The largest absolute Gasteiger partial charge is 0.310 e. The Kier molecular flexibility index (Phi) is 10.9. The Labute approximate surface area is 700 Å². The fourth-order valence-electron chi connectivity index (χ4n) is 18.8. The van der Waals surface area contributed by atoms with Crippen LogP contribution in [0.25, 0.3) is 231 Å². The normalized spacial score (nSPS) is 14.3. The molecule has 5 heteroatoms. The van der Waals surface area contributed by atoms with Crippen molar-refractivity contribution in [2.45, 2.75) is 0 Å². The highest BCUT2D eigenvalue weighted by Crippen LogP contribution is 2.55. The first-order valence-corrected chi connectivity index (χ1v) is 40.0. The summed E-state index contributed by atoms with van der Waals surface area (Å²) in [6.07, 6.45) is 1.88. The Hall–Kier alpha value is -14.6. The molecule has 0 bridgehead atoms. The number of fused-ring (bicyclic) bond motifs is 6. The SMILES string of the molecule is [2H]c1c([2H])c([2H])c(-c2c([2H])c([2H])c(N(c3c([2H])c([2H])c([2H])c([2H])c3[2H])c3c([2H])c([2H])c([2H])c(-n4c5cccc6c7cccc8c9ccccc9c9ccc4c(c9c87)c65)c3[2H])c([2H])c2[2H])c([2H])c1[2H].c1ccc(-c2cc3ccc4cccc5c6cccc7sc2c(c76)c3c45)nc1.c1ccc(-c2ccc(-c3ccc(-c4cc5ccc6cccc7c8cccc9sc4c(c98)c5c67)cc3)cc2)cc1. The predicted molar refractivity (Wildman–Crippen MR) is 501 cm³/mol. The Bertz CT molecular complexity index is 9600. The van der Waals surface area contributed by atoms with Crippen LogP contribution in [-0.2, 0) is 0 Å². The zero-order chi connectivity index (χ0) is 91.5. The summed E-state index contributed by atoms with van der Waals surface area (Å²) in [5.41, 5.74) is 6.86. The zero-order valence-electron chi connectivity index (χ0n) is 79.3. The van der Waals surface area contributed by atoms with E-state index < -0.39 is 137 Å². The standard InChI is InChI=1S/C48H30N2.C38H22S.C25H13NS/c1-3-12-31(13-4-1)32-24-26-34(27-25-32)49(33-14-5-2-6-15-33)35-16-9-17-36(30-35)50-43-23-11-22-41-40-21-10-20-39-37-18-7-8-19-38(37)42-28-29-44(50)48(46(41)43)47(42)45(39)40;1-2-6-23(7-3-1)24-12-14-25(15-13-24)26-16-18-27(19-17-26)32-22-29-21-20-28-8-4-9-30-31-10-5-11-33-36(31)37(38(32)39-33)35(29)34(28)30;1-2-12-26-19(8-1)18-13-15-11-10-14-5-3-6-16-17-7-4-9-20-23(17)24(25(18)27-20)22(15)21(14)16/h1-30H;1-22H;1-13H/i1D,2D,3D,4D,5D,6D,9D,12D,13D,14D,15D,16D,17D,24D,25D,26D,27D,30D;;. The molecule has 3 nitrogen and oxygen atoms in total. The summed E-state index contributed by atoms with van der Waals surface area (Å²) in [4.78, 5) is 5.31. The van der Waals surface area contributed by atoms with Crippen LogP contribution in [0.4, 0.5) is 17.1 Å². The summed E-state index contributed by atoms with van der Waals surface area (Å²) in [6, 6.07) is 83.7. The van der Waals surface area contributed by atoms with Crippen LogP contribution in [0, 0.1) is 0 Å². The molecule has 4 aromatic heterocycles. The molecule has 0 unspecified atom stereocenters. The van der Waals surface area contributed by atoms with E-state index in [2.05, 4.69) is 217 Å². The Morgan fingerprint density at radius 1 is 0.259 bits per heavy atom. The molecule has 0 N–H and O–H groups in total. The van der Waals surface area contributed by atoms with Crippen LogP contribution in [0.1, 0.15) is 24.7 Å². The van der Waals surface area contributed by atoms with E-state index in [9.17, 15) is 11.0 Å².